The molecular formula is C22H18BrClFN5O2. The van der Waals surface area contributed by atoms with Crippen LogP contribution < -0.4 is 16.1 Å². The highest BCUT2D eigenvalue weighted by Gasteiger charge is 2.27. The molecule has 0 atom stereocenters. The highest BCUT2D eigenvalue weighted by atomic mass is 79.9. The van der Waals surface area contributed by atoms with E-state index in [1.807, 2.05) is 33.7 Å². The van der Waals surface area contributed by atoms with Crippen LogP contribution in [0.4, 0.5) is 16.0 Å². The van der Waals surface area contributed by atoms with Crippen LogP contribution in [0.3, 0.4) is 0 Å². The van der Waals surface area contributed by atoms with E-state index in [2.05, 4.69) is 20.9 Å². The molecule has 10 heteroatoms. The van der Waals surface area contributed by atoms with Crippen molar-refractivity contribution in [2.75, 3.05) is 11.4 Å². The molecular weight excluding hydrogens is 501 g/mol. The minimum Gasteiger partial charge on any atom is -0.312 e. The Hall–Kier alpha value is -2.91. The second-order valence-corrected chi connectivity index (χ2v) is 8.97. The molecule has 164 valence electrons. The summed E-state index contributed by atoms with van der Waals surface area (Å²) in [5, 5.41) is 0.163. The Morgan fingerprint density at radius 3 is 2.59 bits per heavy atom. The predicted octanol–water partition coefficient (Wildman–Crippen LogP) is 4.04. The van der Waals surface area contributed by atoms with Crippen molar-refractivity contribution >= 4 is 50.3 Å². The molecule has 0 N–H and O–H groups in total. The van der Waals surface area contributed by atoms with Gasteiger partial charge in [0.1, 0.15) is 5.82 Å². The number of imidazole rings is 1. The fraction of sp³-hybridized carbons (Fsp3) is 0.227. The number of benzene rings is 2. The Morgan fingerprint density at radius 1 is 1.12 bits per heavy atom. The summed E-state index contributed by atoms with van der Waals surface area (Å²) in [5.74, 6) is 0.0330. The number of aromatic nitrogens is 4. The van der Waals surface area contributed by atoms with Gasteiger partial charge in [-0.2, -0.15) is 4.98 Å². The molecule has 2 aromatic heterocycles. The van der Waals surface area contributed by atoms with Crippen LogP contribution in [0.25, 0.3) is 11.2 Å². The normalized spacial score (nSPS) is 13.6. The minimum atomic E-state index is -0.576. The summed E-state index contributed by atoms with van der Waals surface area (Å²) in [6.45, 7) is 1.06. The molecule has 3 heterocycles. The molecule has 0 saturated heterocycles. The van der Waals surface area contributed by atoms with Gasteiger partial charge >= 0.3 is 5.69 Å². The number of fused-ring (bicyclic) bond motifs is 3. The first-order valence-corrected chi connectivity index (χ1v) is 11.2. The summed E-state index contributed by atoms with van der Waals surface area (Å²) in [7, 11) is 1.56. The van der Waals surface area contributed by atoms with Crippen LogP contribution in [-0.4, -0.2) is 25.2 Å². The van der Waals surface area contributed by atoms with E-state index in [9.17, 15) is 14.0 Å². The van der Waals surface area contributed by atoms with Crippen molar-refractivity contribution in [2.45, 2.75) is 19.5 Å². The lowest BCUT2D eigenvalue weighted by Crippen LogP contribution is -2.40. The Morgan fingerprint density at radius 2 is 1.88 bits per heavy atom. The largest absolute Gasteiger partial charge is 0.332 e. The molecule has 0 unspecified atom stereocenters. The summed E-state index contributed by atoms with van der Waals surface area (Å²) in [6.07, 6.45) is 0.802. The van der Waals surface area contributed by atoms with E-state index in [-0.39, 0.29) is 17.1 Å². The van der Waals surface area contributed by atoms with Crippen LogP contribution in [-0.2, 0) is 20.1 Å². The third kappa shape index (κ3) is 3.27. The van der Waals surface area contributed by atoms with Gasteiger partial charge in [0.2, 0.25) is 5.95 Å². The van der Waals surface area contributed by atoms with Crippen molar-refractivity contribution in [1.29, 1.82) is 0 Å². The van der Waals surface area contributed by atoms with Crippen molar-refractivity contribution in [1.82, 2.24) is 18.7 Å². The molecule has 5 rings (SSSR count). The second-order valence-electron chi connectivity index (χ2n) is 7.65. The molecule has 0 aliphatic carbocycles. The first kappa shape index (κ1) is 21.0. The van der Waals surface area contributed by atoms with Crippen molar-refractivity contribution in [2.24, 2.45) is 7.05 Å². The third-order valence-corrected chi connectivity index (χ3v) is 6.62. The summed E-state index contributed by atoms with van der Waals surface area (Å²) in [4.78, 5) is 33.2. The van der Waals surface area contributed by atoms with Crippen molar-refractivity contribution < 1.29 is 4.39 Å². The van der Waals surface area contributed by atoms with E-state index >= 15 is 0 Å². The topological polar surface area (TPSA) is 65.1 Å². The summed E-state index contributed by atoms with van der Waals surface area (Å²) < 4.78 is 19.5. The van der Waals surface area contributed by atoms with E-state index in [0.29, 0.717) is 23.7 Å². The Kier molecular flexibility index (Phi) is 5.17. The minimum absolute atomic E-state index is 0.0996. The van der Waals surface area contributed by atoms with E-state index in [1.54, 1.807) is 7.05 Å². The molecule has 0 spiro atoms. The maximum Gasteiger partial charge on any atom is 0.332 e. The molecule has 1 aliphatic rings. The fourth-order valence-corrected chi connectivity index (χ4v) is 4.60. The zero-order chi connectivity index (χ0) is 22.6. The van der Waals surface area contributed by atoms with Gasteiger partial charge in [-0.3, -0.25) is 13.9 Å². The maximum absolute atomic E-state index is 14.4. The lowest BCUT2D eigenvalue weighted by Gasteiger charge is -2.29. The highest BCUT2D eigenvalue weighted by Crippen LogP contribution is 2.31. The Bertz CT molecular complexity index is 1450. The van der Waals surface area contributed by atoms with Gasteiger partial charge in [-0.1, -0.05) is 33.6 Å². The number of rotatable bonds is 3. The molecule has 0 bridgehead atoms. The van der Waals surface area contributed by atoms with Crippen LogP contribution in [0.15, 0.2) is 56.5 Å². The smallest absolute Gasteiger partial charge is 0.312 e. The number of halogens is 3. The first-order valence-electron chi connectivity index (χ1n) is 10.0. The van der Waals surface area contributed by atoms with Crippen LogP contribution in [0.5, 0.6) is 0 Å². The van der Waals surface area contributed by atoms with E-state index in [4.69, 9.17) is 11.6 Å². The van der Waals surface area contributed by atoms with Gasteiger partial charge in [0, 0.05) is 40.9 Å². The van der Waals surface area contributed by atoms with Gasteiger partial charge in [0.25, 0.3) is 5.56 Å². The quantitative estimate of drug-likeness (QED) is 0.411. The first-order chi connectivity index (χ1) is 15.4. The van der Waals surface area contributed by atoms with Crippen molar-refractivity contribution in [3.8, 4) is 0 Å². The molecule has 32 heavy (non-hydrogen) atoms. The monoisotopic (exact) mass is 517 g/mol. The zero-order valence-corrected chi connectivity index (χ0v) is 19.4. The standard InChI is InChI=1S/C22H18BrClFN5O2/c1-27-19-18(20(31)30(22(27)32)12-15-16(24)4-2-5-17(15)25)29-11-3-10-28(21(29)26-19)14-8-6-13(23)7-9-14/h2,4-9H,3,10-12H2,1H3. The van der Waals surface area contributed by atoms with E-state index in [0.717, 1.165) is 27.7 Å². The average Bonchev–Trinajstić information content (AvgIpc) is 3.17. The SMILES string of the molecule is Cn1c(=O)n(Cc2c(F)cccc2Cl)c(=O)c2c1nc1n2CCCN1c1ccc(Br)cc1. The van der Waals surface area contributed by atoms with Crippen LogP contribution in [0.1, 0.15) is 12.0 Å². The lowest BCUT2D eigenvalue weighted by molar-refractivity contribution is 0.578. The maximum atomic E-state index is 14.4. The molecule has 0 saturated carbocycles. The van der Waals surface area contributed by atoms with Gasteiger partial charge in [0.05, 0.1) is 6.54 Å². The third-order valence-electron chi connectivity index (χ3n) is 5.73. The van der Waals surface area contributed by atoms with Crippen molar-refractivity contribution in [3.05, 3.63) is 84.2 Å². The van der Waals surface area contributed by atoms with Gasteiger partial charge in [-0.05, 0) is 42.8 Å². The van der Waals surface area contributed by atoms with Gasteiger partial charge in [0.15, 0.2) is 11.2 Å². The molecule has 0 fully saturated rings. The van der Waals surface area contributed by atoms with Crippen molar-refractivity contribution in [3.63, 3.8) is 0 Å². The van der Waals surface area contributed by atoms with Gasteiger partial charge in [-0.15, -0.1) is 0 Å². The number of hydrogen-bond acceptors (Lipinski definition) is 4. The molecule has 1 aliphatic heterocycles. The summed E-state index contributed by atoms with van der Waals surface area (Å²) >= 11 is 9.59. The Labute approximate surface area is 195 Å². The van der Waals surface area contributed by atoms with Gasteiger partial charge in [-0.25, -0.2) is 9.18 Å². The molecule has 2 aromatic carbocycles. The number of anilines is 2. The van der Waals surface area contributed by atoms with Crippen LogP contribution >= 0.6 is 27.5 Å². The fourth-order valence-electron chi connectivity index (χ4n) is 4.11. The average molecular weight is 519 g/mol. The Balaban J connectivity index is 1.71. The lowest BCUT2D eigenvalue weighted by atomic mass is 10.2. The molecule has 0 radical (unpaired) electrons. The summed E-state index contributed by atoms with van der Waals surface area (Å²) in [5.41, 5.74) is 0.563. The number of aryl methyl sites for hydroxylation is 2. The number of nitrogens with zero attached hydrogens (tertiary/aromatic N) is 5. The molecule has 4 aromatic rings. The van der Waals surface area contributed by atoms with E-state index < -0.39 is 17.1 Å². The van der Waals surface area contributed by atoms with Crippen LogP contribution in [0, 0.1) is 5.82 Å². The van der Waals surface area contributed by atoms with Crippen LogP contribution in [0.2, 0.25) is 5.02 Å². The molecule has 7 nitrogen and oxygen atoms in total. The predicted molar refractivity (Wildman–Crippen MR) is 126 cm³/mol. The zero-order valence-electron chi connectivity index (χ0n) is 17.1. The second kappa shape index (κ2) is 7.90. The summed E-state index contributed by atoms with van der Waals surface area (Å²) in [6, 6.07) is 12.1. The number of hydrogen-bond donors (Lipinski definition) is 0. The van der Waals surface area contributed by atoms with E-state index in [1.165, 1.54) is 22.8 Å². The van der Waals surface area contributed by atoms with Gasteiger partial charge < -0.3 is 9.47 Å². The highest BCUT2D eigenvalue weighted by molar-refractivity contribution is 9.10. The molecule has 0 amide bonds.